The molecule has 1 atom stereocenters. The Morgan fingerprint density at radius 3 is 2.52 bits per heavy atom. The number of halogens is 1. The first kappa shape index (κ1) is 17.0. The number of likely N-dealkylation sites (tertiary alicyclic amines) is 2. The van der Waals surface area contributed by atoms with Gasteiger partial charge in [-0.1, -0.05) is 31.4 Å². The molecule has 1 amide bonds. The van der Waals surface area contributed by atoms with E-state index in [0.29, 0.717) is 6.04 Å². The molecule has 1 aromatic carbocycles. The number of amides is 1. The summed E-state index contributed by atoms with van der Waals surface area (Å²) in [4.78, 5) is 18.2. The molecule has 2 aliphatic heterocycles. The smallest absolute Gasteiger partial charge is 0.233 e. The summed E-state index contributed by atoms with van der Waals surface area (Å²) in [5, 5.41) is 0. The minimum Gasteiger partial charge on any atom is -0.340 e. The van der Waals surface area contributed by atoms with Crippen LogP contribution in [0.5, 0.6) is 0 Å². The van der Waals surface area contributed by atoms with Crippen LogP contribution in [0.15, 0.2) is 24.3 Å². The number of carbonyl (C=O) groups excluding carboxylic acids is 1. The maximum absolute atomic E-state index is 13.9. The highest BCUT2D eigenvalue weighted by Crippen LogP contribution is 2.42. The summed E-state index contributed by atoms with van der Waals surface area (Å²) in [5.74, 6) is 0.0195. The molecule has 2 heterocycles. The van der Waals surface area contributed by atoms with Gasteiger partial charge in [-0.05, 0) is 62.9 Å². The van der Waals surface area contributed by atoms with Gasteiger partial charge in [-0.25, -0.2) is 4.39 Å². The first-order valence-electron chi connectivity index (χ1n) is 9.98. The quantitative estimate of drug-likeness (QED) is 0.834. The molecule has 0 radical (unpaired) electrons. The third-order valence-electron chi connectivity index (χ3n) is 6.60. The van der Waals surface area contributed by atoms with E-state index in [1.165, 1.54) is 38.4 Å². The van der Waals surface area contributed by atoms with Crippen LogP contribution in [0.25, 0.3) is 0 Å². The standard InChI is InChI=1S/C21H29FN2O/c22-18-8-6-7-17(15-18)21(10-2-1-3-11-21)20(25)24-14-9-19(16-24)23-12-4-5-13-23/h6-8,15,19H,1-5,9-14,16H2. The van der Waals surface area contributed by atoms with Crippen LogP contribution in [-0.4, -0.2) is 47.9 Å². The van der Waals surface area contributed by atoms with E-state index in [1.54, 1.807) is 12.1 Å². The number of carbonyl (C=O) groups is 1. The van der Waals surface area contributed by atoms with Gasteiger partial charge in [-0.15, -0.1) is 0 Å². The van der Waals surface area contributed by atoms with Crippen LogP contribution in [0.4, 0.5) is 4.39 Å². The number of hydrogen-bond acceptors (Lipinski definition) is 2. The summed E-state index contributed by atoms with van der Waals surface area (Å²) in [7, 11) is 0. The summed E-state index contributed by atoms with van der Waals surface area (Å²) in [6.45, 7) is 4.08. The molecule has 2 saturated heterocycles. The highest BCUT2D eigenvalue weighted by molar-refractivity contribution is 5.88. The molecule has 0 spiro atoms. The lowest BCUT2D eigenvalue weighted by Crippen LogP contribution is -2.48. The number of hydrogen-bond donors (Lipinski definition) is 0. The molecule has 136 valence electrons. The summed E-state index contributed by atoms with van der Waals surface area (Å²) < 4.78 is 13.9. The van der Waals surface area contributed by atoms with Crippen LogP contribution in [0.3, 0.4) is 0 Å². The van der Waals surface area contributed by atoms with Gasteiger partial charge in [0.15, 0.2) is 0 Å². The zero-order valence-corrected chi connectivity index (χ0v) is 15.1. The van der Waals surface area contributed by atoms with Gasteiger partial charge in [-0.3, -0.25) is 9.69 Å². The van der Waals surface area contributed by atoms with Crippen molar-refractivity contribution in [2.75, 3.05) is 26.2 Å². The fraction of sp³-hybridized carbons (Fsp3) is 0.667. The molecule has 25 heavy (non-hydrogen) atoms. The van der Waals surface area contributed by atoms with Gasteiger partial charge in [0.2, 0.25) is 5.91 Å². The Kier molecular flexibility index (Phi) is 4.81. The minimum atomic E-state index is -0.500. The topological polar surface area (TPSA) is 23.6 Å². The zero-order chi connectivity index (χ0) is 17.3. The van der Waals surface area contributed by atoms with E-state index in [0.717, 1.165) is 50.8 Å². The summed E-state index contributed by atoms with van der Waals surface area (Å²) in [6, 6.07) is 7.31. The van der Waals surface area contributed by atoms with Gasteiger partial charge in [0, 0.05) is 19.1 Å². The van der Waals surface area contributed by atoms with Crippen LogP contribution < -0.4 is 0 Å². The average Bonchev–Trinajstić information content (AvgIpc) is 3.33. The van der Waals surface area contributed by atoms with Crippen LogP contribution in [0.1, 0.15) is 56.9 Å². The second-order valence-electron chi connectivity index (χ2n) is 8.09. The largest absolute Gasteiger partial charge is 0.340 e. The van der Waals surface area contributed by atoms with E-state index in [2.05, 4.69) is 9.80 Å². The fourth-order valence-electron chi connectivity index (χ4n) is 5.20. The van der Waals surface area contributed by atoms with Crippen molar-refractivity contribution in [3.05, 3.63) is 35.6 Å². The third-order valence-corrected chi connectivity index (χ3v) is 6.60. The van der Waals surface area contributed by atoms with Gasteiger partial charge in [0.25, 0.3) is 0 Å². The Balaban J connectivity index is 1.56. The predicted octanol–water partition coefficient (Wildman–Crippen LogP) is 3.72. The second-order valence-corrected chi connectivity index (χ2v) is 8.09. The van der Waals surface area contributed by atoms with E-state index in [9.17, 15) is 9.18 Å². The molecule has 0 bridgehead atoms. The van der Waals surface area contributed by atoms with E-state index in [-0.39, 0.29) is 11.7 Å². The highest BCUT2D eigenvalue weighted by atomic mass is 19.1. The maximum Gasteiger partial charge on any atom is 0.233 e. The molecule has 1 saturated carbocycles. The highest BCUT2D eigenvalue weighted by Gasteiger charge is 2.45. The SMILES string of the molecule is O=C(N1CCC(N2CCCC2)C1)C1(c2cccc(F)c2)CCCCC1. The molecule has 3 fully saturated rings. The molecule has 1 unspecified atom stereocenters. The van der Waals surface area contributed by atoms with Crippen molar-refractivity contribution in [2.45, 2.75) is 62.8 Å². The summed E-state index contributed by atoms with van der Waals surface area (Å²) in [6.07, 6.45) is 8.69. The molecule has 0 aromatic heterocycles. The predicted molar refractivity (Wildman–Crippen MR) is 97.0 cm³/mol. The van der Waals surface area contributed by atoms with Crippen molar-refractivity contribution < 1.29 is 9.18 Å². The minimum absolute atomic E-state index is 0.230. The molecular formula is C21H29FN2O. The van der Waals surface area contributed by atoms with Crippen molar-refractivity contribution >= 4 is 5.91 Å². The van der Waals surface area contributed by atoms with Crippen molar-refractivity contribution in [1.29, 1.82) is 0 Å². The van der Waals surface area contributed by atoms with Crippen LogP contribution >= 0.6 is 0 Å². The summed E-state index contributed by atoms with van der Waals surface area (Å²) >= 11 is 0. The monoisotopic (exact) mass is 344 g/mol. The number of rotatable bonds is 3. The van der Waals surface area contributed by atoms with E-state index >= 15 is 0 Å². The Bertz CT molecular complexity index is 620. The molecule has 1 aromatic rings. The molecule has 3 aliphatic rings. The van der Waals surface area contributed by atoms with Gasteiger partial charge in [0.05, 0.1) is 5.41 Å². The van der Waals surface area contributed by atoms with Crippen molar-refractivity contribution in [2.24, 2.45) is 0 Å². The second kappa shape index (κ2) is 7.06. The number of nitrogens with zero attached hydrogens (tertiary/aromatic N) is 2. The van der Waals surface area contributed by atoms with Gasteiger partial charge in [-0.2, -0.15) is 0 Å². The Morgan fingerprint density at radius 1 is 1.04 bits per heavy atom. The van der Waals surface area contributed by atoms with Gasteiger partial charge in [0.1, 0.15) is 5.82 Å². The van der Waals surface area contributed by atoms with E-state index < -0.39 is 5.41 Å². The average molecular weight is 344 g/mol. The molecule has 1 aliphatic carbocycles. The van der Waals surface area contributed by atoms with Gasteiger partial charge < -0.3 is 4.90 Å². The van der Waals surface area contributed by atoms with E-state index in [1.807, 2.05) is 6.07 Å². The molecular weight excluding hydrogens is 315 g/mol. The molecule has 3 nitrogen and oxygen atoms in total. The van der Waals surface area contributed by atoms with Crippen LogP contribution in [0.2, 0.25) is 0 Å². The first-order chi connectivity index (χ1) is 12.2. The molecule has 4 rings (SSSR count). The normalized spacial score (nSPS) is 26.9. The van der Waals surface area contributed by atoms with Crippen molar-refractivity contribution in [3.8, 4) is 0 Å². The first-order valence-corrected chi connectivity index (χ1v) is 9.98. The molecule has 0 N–H and O–H groups in total. The zero-order valence-electron chi connectivity index (χ0n) is 15.1. The lowest BCUT2D eigenvalue weighted by molar-refractivity contribution is -0.138. The van der Waals surface area contributed by atoms with Crippen molar-refractivity contribution in [3.63, 3.8) is 0 Å². The maximum atomic E-state index is 13.9. The summed E-state index contributed by atoms with van der Waals surface area (Å²) in [5.41, 5.74) is 0.391. The lowest BCUT2D eigenvalue weighted by Gasteiger charge is -2.39. The fourth-order valence-corrected chi connectivity index (χ4v) is 5.20. The lowest BCUT2D eigenvalue weighted by atomic mass is 9.68. The van der Waals surface area contributed by atoms with Gasteiger partial charge >= 0.3 is 0 Å². The number of benzene rings is 1. The third kappa shape index (κ3) is 3.21. The molecule has 4 heteroatoms. The Morgan fingerprint density at radius 2 is 1.80 bits per heavy atom. The Labute approximate surface area is 150 Å². The van der Waals surface area contributed by atoms with E-state index in [4.69, 9.17) is 0 Å². The Hall–Kier alpha value is -1.42. The van der Waals surface area contributed by atoms with Crippen LogP contribution in [0, 0.1) is 5.82 Å². The van der Waals surface area contributed by atoms with Crippen molar-refractivity contribution in [1.82, 2.24) is 9.80 Å². The van der Waals surface area contributed by atoms with Crippen LogP contribution in [-0.2, 0) is 10.2 Å².